The second-order valence-corrected chi connectivity index (χ2v) is 6.36. The highest BCUT2D eigenvalue weighted by Crippen LogP contribution is 2.12. The molecule has 0 aliphatic heterocycles. The molecule has 16 heavy (non-hydrogen) atoms. The van der Waals surface area contributed by atoms with Gasteiger partial charge in [-0.1, -0.05) is 77.6 Å². The smallest absolute Gasteiger partial charge is 0.0797 e. The normalized spacial score (nSPS) is 13.1. The van der Waals surface area contributed by atoms with Crippen LogP contribution >= 0.6 is 0 Å². The van der Waals surface area contributed by atoms with Crippen LogP contribution in [0.4, 0.5) is 4.39 Å². The first-order valence-electron chi connectivity index (χ1n) is 7.41. The number of unbranched alkanes of at least 4 members (excludes halogenated alkanes) is 10. The molecule has 0 spiro atoms. The Kier molecular flexibility index (Phi) is 13.3. The molecule has 0 nitrogen and oxygen atoms in total. The molecule has 98 valence electrons. The lowest BCUT2D eigenvalue weighted by molar-refractivity contribution is 0.402. The van der Waals surface area contributed by atoms with Crippen LogP contribution in [-0.2, 0) is 0 Å². The summed E-state index contributed by atoms with van der Waals surface area (Å²) in [4.78, 5) is 0. The van der Waals surface area contributed by atoms with Gasteiger partial charge in [0.25, 0.3) is 0 Å². The molecular weight excluding hydrogens is 215 g/mol. The van der Waals surface area contributed by atoms with Crippen LogP contribution < -0.4 is 0 Å². The van der Waals surface area contributed by atoms with Crippen LogP contribution in [0.5, 0.6) is 0 Å². The summed E-state index contributed by atoms with van der Waals surface area (Å²) in [6, 6.07) is 0. The first kappa shape index (κ1) is 16.1. The van der Waals surface area contributed by atoms with E-state index in [9.17, 15) is 4.39 Å². The summed E-state index contributed by atoms with van der Waals surface area (Å²) >= 11 is 0. The van der Waals surface area contributed by atoms with Crippen molar-refractivity contribution in [2.75, 3.05) is 0 Å². The second kappa shape index (κ2) is 13.2. The summed E-state index contributed by atoms with van der Waals surface area (Å²) in [7, 11) is 0.723. The Balaban J connectivity index is 2.88. The van der Waals surface area contributed by atoms with Crippen LogP contribution in [0.15, 0.2) is 0 Å². The predicted octanol–water partition coefficient (Wildman–Crippen LogP) is 4.35. The molecule has 0 saturated carbocycles. The monoisotopic (exact) mass is 246 g/mol. The van der Waals surface area contributed by atoms with E-state index in [1.165, 1.54) is 64.2 Å². The Hall–Kier alpha value is 0.147. The summed E-state index contributed by atoms with van der Waals surface area (Å²) in [6.45, 7) is 2.26. The van der Waals surface area contributed by atoms with Crippen LogP contribution in [0, 0.1) is 0 Å². The van der Waals surface area contributed by atoms with E-state index in [0.29, 0.717) is 0 Å². The number of alkyl halides is 1. The molecule has 0 fully saturated rings. The molecule has 1 atom stereocenters. The van der Waals surface area contributed by atoms with Crippen molar-refractivity contribution in [3.05, 3.63) is 0 Å². The van der Waals surface area contributed by atoms with Crippen LogP contribution in [0.1, 0.15) is 84.0 Å². The van der Waals surface area contributed by atoms with Crippen molar-refractivity contribution >= 4 is 10.2 Å². The van der Waals surface area contributed by atoms with Crippen molar-refractivity contribution in [2.45, 2.75) is 89.8 Å². The van der Waals surface area contributed by atoms with Crippen molar-refractivity contribution in [3.8, 4) is 0 Å². The highest BCUT2D eigenvalue weighted by molar-refractivity contribution is 6.10. The molecule has 0 bridgehead atoms. The zero-order valence-corrected chi connectivity index (χ0v) is 13.4. The van der Waals surface area contributed by atoms with Gasteiger partial charge in [-0.05, 0) is 6.42 Å². The molecule has 2 heteroatoms. The maximum Gasteiger partial charge on any atom is 0.0797 e. The van der Waals surface area contributed by atoms with Crippen LogP contribution in [0.3, 0.4) is 0 Å². The van der Waals surface area contributed by atoms with E-state index in [1.807, 2.05) is 0 Å². The first-order chi connectivity index (χ1) is 7.77. The van der Waals surface area contributed by atoms with Gasteiger partial charge in [-0.2, -0.15) is 0 Å². The molecule has 0 amide bonds. The largest absolute Gasteiger partial charge is 0.253 e. The molecule has 0 aliphatic rings. The van der Waals surface area contributed by atoms with E-state index in [4.69, 9.17) is 0 Å². The summed E-state index contributed by atoms with van der Waals surface area (Å²) in [5.74, 6) is -0.460. The fourth-order valence-electron chi connectivity index (χ4n) is 2.09. The van der Waals surface area contributed by atoms with Gasteiger partial charge in [0.2, 0.25) is 0 Å². The van der Waals surface area contributed by atoms with Crippen molar-refractivity contribution in [2.24, 2.45) is 0 Å². The van der Waals surface area contributed by atoms with E-state index >= 15 is 0 Å². The number of hydrogen-bond donors (Lipinski definition) is 0. The van der Waals surface area contributed by atoms with Gasteiger partial charge >= 0.3 is 0 Å². The van der Waals surface area contributed by atoms with E-state index in [0.717, 1.165) is 23.1 Å². The molecule has 0 N–H and O–H groups in total. The number of rotatable bonds is 12. The summed E-state index contributed by atoms with van der Waals surface area (Å²) in [6.07, 6.45) is 15.7. The van der Waals surface area contributed by atoms with E-state index < -0.39 is 5.79 Å². The Labute approximate surface area is 105 Å². The fraction of sp³-hybridized carbons (Fsp3) is 1.00. The SMILES string of the molecule is CCCCCCCCCCCCCC(F)[SiH3]. The van der Waals surface area contributed by atoms with Gasteiger partial charge < -0.3 is 0 Å². The minimum Gasteiger partial charge on any atom is -0.253 e. The van der Waals surface area contributed by atoms with E-state index in [-0.39, 0.29) is 0 Å². The summed E-state index contributed by atoms with van der Waals surface area (Å²) in [5, 5.41) is 0. The van der Waals surface area contributed by atoms with Crippen molar-refractivity contribution in [1.29, 1.82) is 0 Å². The average Bonchev–Trinajstić information content (AvgIpc) is 2.25. The Bertz CT molecular complexity index is 126. The predicted molar refractivity (Wildman–Crippen MR) is 75.9 cm³/mol. The molecular formula is C14H31FSi. The van der Waals surface area contributed by atoms with Gasteiger partial charge in [0, 0.05) is 10.2 Å². The number of hydrogen-bond acceptors (Lipinski definition) is 0. The maximum atomic E-state index is 12.5. The van der Waals surface area contributed by atoms with Gasteiger partial charge in [0.15, 0.2) is 0 Å². The van der Waals surface area contributed by atoms with E-state index in [2.05, 4.69) is 6.92 Å². The van der Waals surface area contributed by atoms with E-state index in [1.54, 1.807) is 0 Å². The third-order valence-corrected chi connectivity index (χ3v) is 3.78. The van der Waals surface area contributed by atoms with Gasteiger partial charge in [0.1, 0.15) is 0 Å². The molecule has 0 heterocycles. The molecule has 0 aliphatic carbocycles. The fourth-order valence-corrected chi connectivity index (χ4v) is 2.50. The van der Waals surface area contributed by atoms with Gasteiger partial charge in [-0.25, -0.2) is 0 Å². The molecule has 0 saturated heterocycles. The topological polar surface area (TPSA) is 0 Å². The lowest BCUT2D eigenvalue weighted by Gasteiger charge is -2.03. The zero-order chi connectivity index (χ0) is 12.1. The summed E-state index contributed by atoms with van der Waals surface area (Å²) < 4.78 is 12.5. The van der Waals surface area contributed by atoms with Gasteiger partial charge in [0.05, 0.1) is 5.79 Å². The second-order valence-electron chi connectivity index (χ2n) is 5.10. The standard InChI is InChI=1S/C14H31FSi/c1-2-3-4-5-6-7-8-9-10-11-12-13-14(15)16/h14H,2-13H2,1,16H3. The molecule has 0 aromatic rings. The minimum atomic E-state index is -0.460. The highest BCUT2D eigenvalue weighted by atomic mass is 28.1. The minimum absolute atomic E-state index is 0.460. The molecule has 0 rings (SSSR count). The van der Waals surface area contributed by atoms with Crippen LogP contribution in [-0.4, -0.2) is 16.0 Å². The first-order valence-corrected chi connectivity index (χ1v) is 8.57. The quantitative estimate of drug-likeness (QED) is 0.355. The zero-order valence-electron chi connectivity index (χ0n) is 11.4. The highest BCUT2D eigenvalue weighted by Gasteiger charge is 1.97. The Morgan fingerprint density at radius 3 is 1.50 bits per heavy atom. The maximum absolute atomic E-state index is 12.5. The molecule has 0 aromatic heterocycles. The number of halogens is 1. The van der Waals surface area contributed by atoms with Crippen molar-refractivity contribution in [3.63, 3.8) is 0 Å². The molecule has 0 aromatic carbocycles. The Morgan fingerprint density at radius 1 is 0.750 bits per heavy atom. The average molecular weight is 246 g/mol. The van der Waals surface area contributed by atoms with Gasteiger partial charge in [-0.3, -0.25) is 4.39 Å². The Morgan fingerprint density at radius 2 is 1.12 bits per heavy atom. The van der Waals surface area contributed by atoms with Crippen LogP contribution in [0.25, 0.3) is 0 Å². The van der Waals surface area contributed by atoms with Crippen molar-refractivity contribution < 1.29 is 4.39 Å². The third kappa shape index (κ3) is 14.1. The summed E-state index contributed by atoms with van der Waals surface area (Å²) in [5.41, 5.74) is 0. The van der Waals surface area contributed by atoms with Crippen molar-refractivity contribution in [1.82, 2.24) is 0 Å². The molecule has 1 unspecified atom stereocenters. The van der Waals surface area contributed by atoms with Crippen LogP contribution in [0.2, 0.25) is 0 Å². The lowest BCUT2D eigenvalue weighted by Crippen LogP contribution is -1.97. The van der Waals surface area contributed by atoms with Gasteiger partial charge in [-0.15, -0.1) is 0 Å². The third-order valence-electron chi connectivity index (χ3n) is 3.21. The lowest BCUT2D eigenvalue weighted by atomic mass is 10.1. The molecule has 0 radical (unpaired) electrons.